The standard InChI is InChI=1S/C15H17N7O2S/c1-9-17-13(20-24-9)10-4-6-22(7-10)15(23)19-14-18-11(8-25-14)12-3-5-16-21(12)2/h3,5,8,10H,4,6-7H2,1-2H3,(H,18,19,23). The number of nitrogens with one attached hydrogen (secondary N) is 1. The predicted octanol–water partition coefficient (Wildman–Crippen LogP) is 2.26. The highest BCUT2D eigenvalue weighted by Crippen LogP contribution is 2.27. The van der Waals surface area contributed by atoms with Gasteiger partial charge in [-0.05, 0) is 12.5 Å². The quantitative estimate of drug-likeness (QED) is 0.769. The molecular weight excluding hydrogens is 342 g/mol. The second kappa shape index (κ2) is 6.28. The molecule has 10 heteroatoms. The van der Waals surface area contributed by atoms with Crippen LogP contribution in [0.2, 0.25) is 0 Å². The average molecular weight is 359 g/mol. The van der Waals surface area contributed by atoms with Gasteiger partial charge in [0.05, 0.1) is 5.69 Å². The molecule has 1 aliphatic heterocycles. The van der Waals surface area contributed by atoms with Gasteiger partial charge in [0, 0.05) is 44.6 Å². The number of likely N-dealkylation sites (tertiary alicyclic amines) is 1. The average Bonchev–Trinajstić information content (AvgIpc) is 3.33. The zero-order valence-corrected chi connectivity index (χ0v) is 14.7. The van der Waals surface area contributed by atoms with E-state index in [9.17, 15) is 4.79 Å². The van der Waals surface area contributed by atoms with Gasteiger partial charge >= 0.3 is 6.03 Å². The third-order valence-corrected chi connectivity index (χ3v) is 4.94. The summed E-state index contributed by atoms with van der Waals surface area (Å²) < 4.78 is 6.77. The van der Waals surface area contributed by atoms with Gasteiger partial charge in [0.1, 0.15) is 5.69 Å². The van der Waals surface area contributed by atoms with E-state index in [2.05, 4.69) is 25.5 Å². The largest absolute Gasteiger partial charge is 0.340 e. The highest BCUT2D eigenvalue weighted by Gasteiger charge is 2.30. The van der Waals surface area contributed by atoms with Crippen molar-refractivity contribution in [1.29, 1.82) is 0 Å². The van der Waals surface area contributed by atoms with Gasteiger partial charge in [-0.25, -0.2) is 9.78 Å². The Balaban J connectivity index is 1.40. The van der Waals surface area contributed by atoms with Gasteiger partial charge in [0.15, 0.2) is 11.0 Å². The number of thiazole rings is 1. The molecule has 9 nitrogen and oxygen atoms in total. The number of hydrogen-bond donors (Lipinski definition) is 1. The van der Waals surface area contributed by atoms with Crippen LogP contribution in [0.25, 0.3) is 11.4 Å². The number of aryl methyl sites for hydroxylation is 2. The van der Waals surface area contributed by atoms with Crippen molar-refractivity contribution < 1.29 is 9.32 Å². The molecule has 130 valence electrons. The molecule has 4 rings (SSSR count). The van der Waals surface area contributed by atoms with Crippen molar-refractivity contribution in [3.8, 4) is 11.4 Å². The second-order valence-electron chi connectivity index (χ2n) is 5.91. The van der Waals surface area contributed by atoms with Crippen molar-refractivity contribution >= 4 is 22.5 Å². The summed E-state index contributed by atoms with van der Waals surface area (Å²) in [6.07, 6.45) is 2.54. The fourth-order valence-electron chi connectivity index (χ4n) is 2.88. The normalized spacial score (nSPS) is 17.2. The summed E-state index contributed by atoms with van der Waals surface area (Å²) in [5.74, 6) is 1.33. The molecule has 4 heterocycles. The topological polar surface area (TPSA) is 102 Å². The van der Waals surface area contributed by atoms with E-state index in [0.717, 1.165) is 17.8 Å². The molecule has 25 heavy (non-hydrogen) atoms. The molecule has 0 bridgehead atoms. The van der Waals surface area contributed by atoms with Crippen LogP contribution in [0.4, 0.5) is 9.93 Å². The fraction of sp³-hybridized carbons (Fsp3) is 0.400. The number of aromatic nitrogens is 5. The molecular formula is C15H17N7O2S. The van der Waals surface area contributed by atoms with Gasteiger partial charge in [-0.3, -0.25) is 10.00 Å². The molecule has 0 spiro atoms. The molecule has 0 aromatic carbocycles. The third-order valence-electron chi connectivity index (χ3n) is 4.19. The molecule has 1 aliphatic rings. The van der Waals surface area contributed by atoms with E-state index in [1.54, 1.807) is 22.7 Å². The summed E-state index contributed by atoms with van der Waals surface area (Å²) in [6.45, 7) is 2.99. The predicted molar refractivity (Wildman–Crippen MR) is 91.3 cm³/mol. The van der Waals surface area contributed by atoms with Gasteiger partial charge in [0.25, 0.3) is 0 Å². The van der Waals surface area contributed by atoms with E-state index in [4.69, 9.17) is 4.52 Å². The van der Waals surface area contributed by atoms with Crippen LogP contribution < -0.4 is 5.32 Å². The first-order valence-corrected chi connectivity index (χ1v) is 8.78. The highest BCUT2D eigenvalue weighted by atomic mass is 32.1. The summed E-state index contributed by atoms with van der Waals surface area (Å²) >= 11 is 1.39. The summed E-state index contributed by atoms with van der Waals surface area (Å²) in [7, 11) is 1.86. The minimum Gasteiger partial charge on any atom is -0.340 e. The molecule has 0 radical (unpaired) electrons. The van der Waals surface area contributed by atoms with Crippen molar-refractivity contribution in [2.24, 2.45) is 7.05 Å². The van der Waals surface area contributed by atoms with Gasteiger partial charge in [-0.15, -0.1) is 11.3 Å². The maximum atomic E-state index is 12.5. The molecule has 2 amide bonds. The first kappa shape index (κ1) is 15.8. The Hall–Kier alpha value is -2.75. The second-order valence-corrected chi connectivity index (χ2v) is 6.77. The number of rotatable bonds is 3. The van der Waals surface area contributed by atoms with Crippen molar-refractivity contribution in [1.82, 2.24) is 29.8 Å². The molecule has 3 aromatic heterocycles. The van der Waals surface area contributed by atoms with Gasteiger partial charge in [0.2, 0.25) is 5.89 Å². The number of anilines is 1. The zero-order valence-electron chi connectivity index (χ0n) is 13.8. The zero-order chi connectivity index (χ0) is 17.4. The molecule has 1 fully saturated rings. The molecule has 1 unspecified atom stereocenters. The molecule has 1 atom stereocenters. The van der Waals surface area contributed by atoms with Crippen LogP contribution in [0.3, 0.4) is 0 Å². The highest BCUT2D eigenvalue weighted by molar-refractivity contribution is 7.14. The first-order chi connectivity index (χ1) is 12.1. The van der Waals surface area contributed by atoms with Gasteiger partial charge in [-0.2, -0.15) is 10.1 Å². The minimum absolute atomic E-state index is 0.115. The number of hydrogen-bond acceptors (Lipinski definition) is 7. The maximum absolute atomic E-state index is 12.5. The number of nitrogens with zero attached hydrogens (tertiary/aromatic N) is 6. The summed E-state index contributed by atoms with van der Waals surface area (Å²) in [5, 5.41) is 13.4. The summed E-state index contributed by atoms with van der Waals surface area (Å²) in [5.41, 5.74) is 1.70. The number of carbonyl (C=O) groups is 1. The molecule has 0 aliphatic carbocycles. The van der Waals surface area contributed by atoms with Crippen LogP contribution in [0.5, 0.6) is 0 Å². The van der Waals surface area contributed by atoms with Gasteiger partial charge < -0.3 is 9.42 Å². The third kappa shape index (κ3) is 3.12. The maximum Gasteiger partial charge on any atom is 0.323 e. The van der Waals surface area contributed by atoms with Crippen molar-refractivity contribution in [2.75, 3.05) is 18.4 Å². The monoisotopic (exact) mass is 359 g/mol. The lowest BCUT2D eigenvalue weighted by molar-refractivity contribution is 0.222. The SMILES string of the molecule is Cc1nc(C2CCN(C(=O)Nc3nc(-c4ccnn4C)cs3)C2)no1. The van der Waals surface area contributed by atoms with Crippen LogP contribution in [-0.2, 0) is 7.05 Å². The molecule has 0 saturated carbocycles. The number of amides is 2. The molecule has 1 saturated heterocycles. The Morgan fingerprint density at radius 3 is 3.04 bits per heavy atom. The van der Waals surface area contributed by atoms with Crippen LogP contribution >= 0.6 is 11.3 Å². The van der Waals surface area contributed by atoms with E-state index in [1.165, 1.54) is 11.3 Å². The van der Waals surface area contributed by atoms with Crippen LogP contribution in [0.15, 0.2) is 22.2 Å². The minimum atomic E-state index is -0.159. The van der Waals surface area contributed by atoms with E-state index in [0.29, 0.717) is 29.9 Å². The Morgan fingerprint density at radius 2 is 2.32 bits per heavy atom. The first-order valence-electron chi connectivity index (χ1n) is 7.90. The van der Waals surface area contributed by atoms with Crippen molar-refractivity contribution in [3.05, 3.63) is 29.4 Å². The lowest BCUT2D eigenvalue weighted by Crippen LogP contribution is -2.32. The van der Waals surface area contributed by atoms with E-state index in [-0.39, 0.29) is 11.9 Å². The van der Waals surface area contributed by atoms with E-state index in [1.807, 2.05) is 18.5 Å². The Kier molecular flexibility index (Phi) is 3.96. The number of urea groups is 1. The van der Waals surface area contributed by atoms with E-state index >= 15 is 0 Å². The Labute approximate surface area is 147 Å². The lowest BCUT2D eigenvalue weighted by atomic mass is 10.1. The van der Waals surface area contributed by atoms with Crippen molar-refractivity contribution in [2.45, 2.75) is 19.3 Å². The Bertz CT molecular complexity index is 899. The van der Waals surface area contributed by atoms with Gasteiger partial charge in [-0.1, -0.05) is 5.16 Å². The smallest absolute Gasteiger partial charge is 0.323 e. The van der Waals surface area contributed by atoms with E-state index < -0.39 is 0 Å². The van der Waals surface area contributed by atoms with Crippen LogP contribution in [0, 0.1) is 6.92 Å². The summed E-state index contributed by atoms with van der Waals surface area (Å²) in [6, 6.07) is 1.73. The van der Waals surface area contributed by atoms with Crippen LogP contribution in [0.1, 0.15) is 24.1 Å². The molecule has 1 N–H and O–H groups in total. The number of carbonyl (C=O) groups excluding carboxylic acids is 1. The fourth-order valence-corrected chi connectivity index (χ4v) is 3.57. The Morgan fingerprint density at radius 1 is 1.44 bits per heavy atom. The van der Waals surface area contributed by atoms with Crippen molar-refractivity contribution in [3.63, 3.8) is 0 Å². The summed E-state index contributed by atoms with van der Waals surface area (Å²) in [4.78, 5) is 22.9. The lowest BCUT2D eigenvalue weighted by Gasteiger charge is -2.15. The van der Waals surface area contributed by atoms with Crippen LogP contribution in [-0.4, -0.2) is 48.9 Å². The molecule has 3 aromatic rings.